The number of carbonyl (C=O) groups is 3. The van der Waals surface area contributed by atoms with E-state index < -0.39 is 6.04 Å². The highest BCUT2D eigenvalue weighted by molar-refractivity contribution is 6.28. The van der Waals surface area contributed by atoms with Crippen LogP contribution in [0.5, 0.6) is 0 Å². The average molecular weight is 349 g/mol. The van der Waals surface area contributed by atoms with Crippen LogP contribution in [0.2, 0.25) is 0 Å². The quantitative estimate of drug-likeness (QED) is 0.844. The van der Waals surface area contributed by atoms with E-state index in [1.165, 1.54) is 12.8 Å². The van der Waals surface area contributed by atoms with Gasteiger partial charge < -0.3 is 4.90 Å². The lowest BCUT2D eigenvalue weighted by Crippen LogP contribution is -2.53. The van der Waals surface area contributed by atoms with Crippen LogP contribution in [0.15, 0.2) is 30.3 Å². The molecule has 3 heterocycles. The Morgan fingerprint density at radius 2 is 1.77 bits per heavy atom. The van der Waals surface area contributed by atoms with Crippen molar-refractivity contribution in [2.24, 2.45) is 0 Å². The molecule has 3 amide bonds. The monoisotopic (exact) mass is 349 g/mol. The molecule has 5 rings (SSSR count). The van der Waals surface area contributed by atoms with Crippen molar-refractivity contribution in [2.75, 3.05) is 22.9 Å². The number of hydrogen-bond donors (Lipinski definition) is 1. The Balaban J connectivity index is 1.64. The fourth-order valence-electron chi connectivity index (χ4n) is 4.46. The second-order valence-electron chi connectivity index (χ2n) is 7.17. The van der Waals surface area contributed by atoms with Crippen molar-refractivity contribution < 1.29 is 14.4 Å². The molecule has 1 unspecified atom stereocenters. The molecule has 6 heteroatoms. The van der Waals surface area contributed by atoms with Gasteiger partial charge in [-0.3, -0.25) is 24.6 Å². The first-order valence-corrected chi connectivity index (χ1v) is 9.13. The fourth-order valence-corrected chi connectivity index (χ4v) is 4.46. The molecule has 3 aliphatic rings. The van der Waals surface area contributed by atoms with Gasteiger partial charge in [-0.15, -0.1) is 0 Å². The maximum Gasteiger partial charge on any atom is 0.259 e. The highest BCUT2D eigenvalue weighted by Crippen LogP contribution is 2.43. The van der Waals surface area contributed by atoms with Gasteiger partial charge in [-0.2, -0.15) is 0 Å². The van der Waals surface area contributed by atoms with E-state index in [4.69, 9.17) is 0 Å². The zero-order valence-electron chi connectivity index (χ0n) is 14.3. The van der Waals surface area contributed by atoms with Gasteiger partial charge in [0.2, 0.25) is 11.8 Å². The maximum absolute atomic E-state index is 13.1. The largest absolute Gasteiger partial charge is 0.371 e. The standard InChI is InChI=1S/C20H19N3O3/c24-17-9-8-16(19(25)21-17)23-15-5-3-4-12-14(22-10-1-2-11-22)7-6-13(18(12)15)20(23)26/h3-7,16H,1-2,8-11H2,(H,21,24,25). The SMILES string of the molecule is O=C1CCC(N2C(=O)c3ccc(N4CCCC4)c4cccc2c34)C(=O)N1. The van der Waals surface area contributed by atoms with Crippen LogP contribution in [0.1, 0.15) is 36.0 Å². The predicted octanol–water partition coefficient (Wildman–Crippen LogP) is 2.21. The molecule has 0 radical (unpaired) electrons. The Hall–Kier alpha value is -2.89. The normalized spacial score (nSPS) is 22.5. The molecule has 3 aliphatic heterocycles. The van der Waals surface area contributed by atoms with Gasteiger partial charge in [0.05, 0.1) is 11.3 Å². The number of carbonyl (C=O) groups excluding carboxylic acids is 3. The number of amides is 3. The first-order chi connectivity index (χ1) is 12.6. The lowest BCUT2D eigenvalue weighted by atomic mass is 10.0. The molecule has 1 atom stereocenters. The predicted molar refractivity (Wildman–Crippen MR) is 98.4 cm³/mol. The van der Waals surface area contributed by atoms with Crippen LogP contribution in [0.3, 0.4) is 0 Å². The highest BCUT2D eigenvalue weighted by atomic mass is 16.2. The van der Waals surface area contributed by atoms with E-state index in [1.54, 1.807) is 4.90 Å². The summed E-state index contributed by atoms with van der Waals surface area (Å²) in [6, 6.07) is 9.17. The number of imide groups is 1. The molecule has 0 aliphatic carbocycles. The van der Waals surface area contributed by atoms with Crippen LogP contribution < -0.4 is 15.1 Å². The van der Waals surface area contributed by atoms with Crippen molar-refractivity contribution in [1.29, 1.82) is 0 Å². The van der Waals surface area contributed by atoms with Crippen LogP contribution in [-0.4, -0.2) is 36.9 Å². The summed E-state index contributed by atoms with van der Waals surface area (Å²) in [5.74, 6) is -0.817. The molecule has 2 saturated heterocycles. The molecule has 2 aromatic rings. The first kappa shape index (κ1) is 15.4. The van der Waals surface area contributed by atoms with E-state index in [-0.39, 0.29) is 24.1 Å². The lowest BCUT2D eigenvalue weighted by molar-refractivity contribution is -0.134. The van der Waals surface area contributed by atoms with Crippen LogP contribution in [0, 0.1) is 0 Å². The molecule has 6 nitrogen and oxygen atoms in total. The van der Waals surface area contributed by atoms with Crippen molar-refractivity contribution in [3.63, 3.8) is 0 Å². The summed E-state index contributed by atoms with van der Waals surface area (Å²) in [6.07, 6.45) is 2.99. The molecule has 0 aromatic heterocycles. The van der Waals surface area contributed by atoms with E-state index in [2.05, 4.69) is 16.3 Å². The van der Waals surface area contributed by atoms with Crippen LogP contribution >= 0.6 is 0 Å². The summed E-state index contributed by atoms with van der Waals surface area (Å²) in [5.41, 5.74) is 2.57. The van der Waals surface area contributed by atoms with Gasteiger partial charge in [0.1, 0.15) is 6.04 Å². The Morgan fingerprint density at radius 3 is 2.54 bits per heavy atom. The van der Waals surface area contributed by atoms with E-state index in [1.807, 2.05) is 24.3 Å². The molecule has 132 valence electrons. The summed E-state index contributed by atoms with van der Waals surface area (Å²) in [7, 11) is 0. The molecule has 1 N–H and O–H groups in total. The molecule has 0 spiro atoms. The first-order valence-electron chi connectivity index (χ1n) is 9.13. The molecular weight excluding hydrogens is 330 g/mol. The van der Waals surface area contributed by atoms with Gasteiger partial charge in [-0.1, -0.05) is 12.1 Å². The van der Waals surface area contributed by atoms with Crippen molar-refractivity contribution in [3.05, 3.63) is 35.9 Å². The summed E-state index contributed by atoms with van der Waals surface area (Å²) >= 11 is 0. The van der Waals surface area contributed by atoms with Crippen molar-refractivity contribution in [1.82, 2.24) is 5.32 Å². The number of piperidine rings is 1. The fraction of sp³-hybridized carbons (Fsp3) is 0.350. The van der Waals surface area contributed by atoms with Gasteiger partial charge in [-0.25, -0.2) is 0 Å². The number of nitrogens with one attached hydrogen (secondary N) is 1. The van der Waals surface area contributed by atoms with E-state index >= 15 is 0 Å². The van der Waals surface area contributed by atoms with Gasteiger partial charge in [-0.05, 0) is 37.5 Å². The topological polar surface area (TPSA) is 69.7 Å². The molecule has 26 heavy (non-hydrogen) atoms. The lowest BCUT2D eigenvalue weighted by Gasteiger charge is -2.30. The third-order valence-electron chi connectivity index (χ3n) is 5.67. The number of benzene rings is 2. The third kappa shape index (κ3) is 2.08. The van der Waals surface area contributed by atoms with Crippen LogP contribution in [-0.2, 0) is 9.59 Å². The second-order valence-corrected chi connectivity index (χ2v) is 7.17. The summed E-state index contributed by atoms with van der Waals surface area (Å²) in [6.45, 7) is 2.06. The second kappa shape index (κ2) is 5.56. The zero-order chi connectivity index (χ0) is 17.8. The van der Waals surface area contributed by atoms with Gasteiger partial charge in [0.15, 0.2) is 0 Å². The maximum atomic E-state index is 13.1. The van der Waals surface area contributed by atoms with Crippen molar-refractivity contribution in [3.8, 4) is 0 Å². The van der Waals surface area contributed by atoms with E-state index in [0.717, 1.165) is 35.2 Å². The number of rotatable bonds is 2. The van der Waals surface area contributed by atoms with Crippen molar-refractivity contribution >= 4 is 39.9 Å². The number of hydrogen-bond acceptors (Lipinski definition) is 4. The summed E-state index contributed by atoms with van der Waals surface area (Å²) in [5, 5.41) is 4.34. The summed E-state index contributed by atoms with van der Waals surface area (Å²) in [4.78, 5) is 40.8. The smallest absolute Gasteiger partial charge is 0.259 e. The van der Waals surface area contributed by atoms with E-state index in [0.29, 0.717) is 12.0 Å². The Bertz CT molecular complexity index is 962. The Kier molecular flexibility index (Phi) is 3.29. The zero-order valence-corrected chi connectivity index (χ0v) is 14.3. The van der Waals surface area contributed by atoms with E-state index in [9.17, 15) is 14.4 Å². The minimum Gasteiger partial charge on any atom is -0.371 e. The number of anilines is 2. The van der Waals surface area contributed by atoms with Crippen molar-refractivity contribution in [2.45, 2.75) is 31.7 Å². The molecule has 0 saturated carbocycles. The minimum atomic E-state index is -0.631. The average Bonchev–Trinajstić information content (AvgIpc) is 3.25. The molecule has 0 bridgehead atoms. The highest BCUT2D eigenvalue weighted by Gasteiger charge is 2.41. The van der Waals surface area contributed by atoms with Crippen LogP contribution in [0.4, 0.5) is 11.4 Å². The number of nitrogens with zero attached hydrogens (tertiary/aromatic N) is 2. The van der Waals surface area contributed by atoms with Crippen LogP contribution in [0.25, 0.3) is 10.8 Å². The van der Waals surface area contributed by atoms with Gasteiger partial charge in [0.25, 0.3) is 5.91 Å². The van der Waals surface area contributed by atoms with Gasteiger partial charge >= 0.3 is 0 Å². The molecular formula is C20H19N3O3. The summed E-state index contributed by atoms with van der Waals surface area (Å²) < 4.78 is 0. The minimum absolute atomic E-state index is 0.154. The molecule has 2 aromatic carbocycles. The Labute approximate surface area is 150 Å². The Morgan fingerprint density at radius 1 is 0.962 bits per heavy atom. The molecule has 2 fully saturated rings. The van der Waals surface area contributed by atoms with Gasteiger partial charge in [0, 0.05) is 36.0 Å². The third-order valence-corrected chi connectivity index (χ3v) is 5.67.